The SMILES string of the molecule is CCN(Cc1ccc(OCc2ccccc2)cc1)C(=O)c1ccn(C)c(=O)c1. The van der Waals surface area contributed by atoms with Crippen LogP contribution in [0.1, 0.15) is 28.4 Å². The number of hydrogen-bond donors (Lipinski definition) is 0. The van der Waals surface area contributed by atoms with Gasteiger partial charge in [-0.1, -0.05) is 42.5 Å². The van der Waals surface area contributed by atoms with Crippen LogP contribution in [0.5, 0.6) is 5.75 Å². The molecule has 0 unspecified atom stereocenters. The quantitative estimate of drug-likeness (QED) is 0.633. The second kappa shape index (κ2) is 9.04. The summed E-state index contributed by atoms with van der Waals surface area (Å²) in [5, 5.41) is 0. The van der Waals surface area contributed by atoms with Gasteiger partial charge < -0.3 is 14.2 Å². The minimum absolute atomic E-state index is 0.149. The van der Waals surface area contributed by atoms with E-state index in [2.05, 4.69) is 0 Å². The number of pyridine rings is 1. The molecule has 3 rings (SSSR count). The average Bonchev–Trinajstić information content (AvgIpc) is 2.73. The van der Waals surface area contributed by atoms with Gasteiger partial charge in [-0.3, -0.25) is 9.59 Å². The number of hydrogen-bond acceptors (Lipinski definition) is 3. The maximum Gasteiger partial charge on any atom is 0.254 e. The van der Waals surface area contributed by atoms with Crippen LogP contribution < -0.4 is 10.3 Å². The van der Waals surface area contributed by atoms with E-state index < -0.39 is 0 Å². The van der Waals surface area contributed by atoms with Gasteiger partial charge in [-0.15, -0.1) is 0 Å². The highest BCUT2D eigenvalue weighted by molar-refractivity contribution is 5.94. The predicted molar refractivity (Wildman–Crippen MR) is 109 cm³/mol. The zero-order chi connectivity index (χ0) is 19.9. The van der Waals surface area contributed by atoms with Crippen molar-refractivity contribution in [2.24, 2.45) is 7.05 Å². The van der Waals surface area contributed by atoms with E-state index in [0.717, 1.165) is 16.9 Å². The van der Waals surface area contributed by atoms with Crippen molar-refractivity contribution in [1.82, 2.24) is 9.47 Å². The molecule has 144 valence electrons. The van der Waals surface area contributed by atoms with Crippen molar-refractivity contribution in [3.05, 3.63) is 100.0 Å². The van der Waals surface area contributed by atoms with Crippen LogP contribution >= 0.6 is 0 Å². The molecule has 0 atom stereocenters. The zero-order valence-corrected chi connectivity index (χ0v) is 16.2. The summed E-state index contributed by atoms with van der Waals surface area (Å²) in [4.78, 5) is 26.2. The molecule has 0 radical (unpaired) electrons. The molecule has 3 aromatic rings. The lowest BCUT2D eigenvalue weighted by atomic mass is 10.1. The molecule has 0 fully saturated rings. The lowest BCUT2D eigenvalue weighted by molar-refractivity contribution is 0.0752. The van der Waals surface area contributed by atoms with E-state index in [0.29, 0.717) is 25.3 Å². The first-order valence-electron chi connectivity index (χ1n) is 9.28. The summed E-state index contributed by atoms with van der Waals surface area (Å²) < 4.78 is 7.25. The molecule has 0 aliphatic rings. The Morgan fingerprint density at radius 1 is 1.00 bits per heavy atom. The summed E-state index contributed by atoms with van der Waals surface area (Å²) in [6.07, 6.45) is 1.61. The Morgan fingerprint density at radius 3 is 2.36 bits per heavy atom. The molecule has 0 aliphatic carbocycles. The Bertz CT molecular complexity index is 979. The van der Waals surface area contributed by atoms with Gasteiger partial charge >= 0.3 is 0 Å². The van der Waals surface area contributed by atoms with Crippen LogP contribution in [0.2, 0.25) is 0 Å². The Labute approximate surface area is 164 Å². The minimum Gasteiger partial charge on any atom is -0.489 e. The van der Waals surface area contributed by atoms with Crippen LogP contribution in [0.4, 0.5) is 0 Å². The third kappa shape index (κ3) is 4.88. The lowest BCUT2D eigenvalue weighted by Gasteiger charge is -2.21. The van der Waals surface area contributed by atoms with Gasteiger partial charge in [0.15, 0.2) is 0 Å². The maximum absolute atomic E-state index is 12.7. The van der Waals surface area contributed by atoms with E-state index >= 15 is 0 Å². The molecule has 1 aromatic heterocycles. The molecule has 1 heterocycles. The molecule has 0 bridgehead atoms. The van der Waals surface area contributed by atoms with E-state index in [4.69, 9.17) is 4.74 Å². The molecule has 0 saturated heterocycles. The molecule has 0 saturated carbocycles. The third-order valence-electron chi connectivity index (χ3n) is 4.57. The van der Waals surface area contributed by atoms with E-state index in [-0.39, 0.29) is 11.5 Å². The van der Waals surface area contributed by atoms with Crippen LogP contribution in [0.3, 0.4) is 0 Å². The molecule has 0 N–H and O–H groups in total. The van der Waals surface area contributed by atoms with E-state index in [9.17, 15) is 9.59 Å². The standard InChI is InChI=1S/C23H24N2O3/c1-3-25(23(27)20-13-14-24(2)22(26)15-20)16-18-9-11-21(12-10-18)28-17-19-7-5-4-6-8-19/h4-15H,3,16-17H2,1-2H3. The van der Waals surface area contributed by atoms with E-state index in [1.807, 2.05) is 61.5 Å². The van der Waals surface area contributed by atoms with Crippen molar-refractivity contribution >= 4 is 5.91 Å². The smallest absolute Gasteiger partial charge is 0.254 e. The first kappa shape index (κ1) is 19.4. The van der Waals surface area contributed by atoms with Gasteiger partial charge in [0, 0.05) is 38.0 Å². The number of amides is 1. The Balaban J connectivity index is 1.63. The van der Waals surface area contributed by atoms with Crippen LogP contribution in [0, 0.1) is 0 Å². The topological polar surface area (TPSA) is 51.5 Å². The van der Waals surface area contributed by atoms with Crippen molar-refractivity contribution in [2.45, 2.75) is 20.1 Å². The van der Waals surface area contributed by atoms with Crippen molar-refractivity contribution in [3.8, 4) is 5.75 Å². The molecule has 0 aliphatic heterocycles. The minimum atomic E-state index is -0.193. The first-order chi connectivity index (χ1) is 13.6. The predicted octanol–water partition coefficient (Wildman–Crippen LogP) is 3.63. The highest BCUT2D eigenvalue weighted by atomic mass is 16.5. The highest BCUT2D eigenvalue weighted by Crippen LogP contribution is 2.16. The van der Waals surface area contributed by atoms with Gasteiger partial charge in [-0.25, -0.2) is 0 Å². The number of rotatable bonds is 7. The van der Waals surface area contributed by atoms with Crippen molar-refractivity contribution < 1.29 is 9.53 Å². The third-order valence-corrected chi connectivity index (χ3v) is 4.57. The van der Waals surface area contributed by atoms with Crippen LogP contribution in [0.25, 0.3) is 0 Å². The van der Waals surface area contributed by atoms with Crippen molar-refractivity contribution in [3.63, 3.8) is 0 Å². The Kier molecular flexibility index (Phi) is 6.27. The molecule has 1 amide bonds. The number of benzene rings is 2. The zero-order valence-electron chi connectivity index (χ0n) is 16.2. The number of ether oxygens (including phenoxy) is 1. The Hall–Kier alpha value is -3.34. The number of carbonyl (C=O) groups is 1. The van der Waals surface area contributed by atoms with Crippen LogP contribution in [-0.4, -0.2) is 21.9 Å². The van der Waals surface area contributed by atoms with Gasteiger partial charge in [0.05, 0.1) is 0 Å². The molecule has 2 aromatic carbocycles. The van der Waals surface area contributed by atoms with Crippen LogP contribution in [0.15, 0.2) is 77.7 Å². The number of nitrogens with zero attached hydrogens (tertiary/aromatic N) is 2. The Morgan fingerprint density at radius 2 is 1.71 bits per heavy atom. The first-order valence-corrected chi connectivity index (χ1v) is 9.28. The molecular weight excluding hydrogens is 352 g/mol. The number of aromatic nitrogens is 1. The maximum atomic E-state index is 12.7. The van der Waals surface area contributed by atoms with Crippen molar-refractivity contribution in [1.29, 1.82) is 0 Å². The second-order valence-corrected chi connectivity index (χ2v) is 6.60. The normalized spacial score (nSPS) is 10.5. The molecule has 5 heteroatoms. The van der Waals surface area contributed by atoms with E-state index in [1.54, 1.807) is 24.2 Å². The monoisotopic (exact) mass is 376 g/mol. The van der Waals surface area contributed by atoms with Gasteiger partial charge in [0.1, 0.15) is 12.4 Å². The fourth-order valence-corrected chi connectivity index (χ4v) is 2.84. The van der Waals surface area contributed by atoms with E-state index in [1.165, 1.54) is 10.6 Å². The molecule has 5 nitrogen and oxygen atoms in total. The summed E-state index contributed by atoms with van der Waals surface area (Å²) in [5.41, 5.74) is 2.34. The second-order valence-electron chi connectivity index (χ2n) is 6.60. The number of carbonyl (C=O) groups excluding carboxylic acids is 1. The fraction of sp³-hybridized carbons (Fsp3) is 0.217. The number of aryl methyl sites for hydroxylation is 1. The average molecular weight is 376 g/mol. The molecule has 0 spiro atoms. The summed E-state index contributed by atoms with van der Waals surface area (Å²) >= 11 is 0. The molecular formula is C23H24N2O3. The van der Waals surface area contributed by atoms with Crippen LogP contribution in [-0.2, 0) is 20.2 Å². The van der Waals surface area contributed by atoms with Gasteiger partial charge in [0.25, 0.3) is 11.5 Å². The summed E-state index contributed by atoms with van der Waals surface area (Å²) in [6.45, 7) is 3.48. The van der Waals surface area contributed by atoms with Gasteiger partial charge in [0.2, 0.25) is 0 Å². The lowest BCUT2D eigenvalue weighted by Crippen LogP contribution is -2.31. The van der Waals surface area contributed by atoms with Gasteiger partial charge in [-0.2, -0.15) is 0 Å². The largest absolute Gasteiger partial charge is 0.489 e. The summed E-state index contributed by atoms with van der Waals surface area (Å²) in [6, 6.07) is 20.8. The van der Waals surface area contributed by atoms with Gasteiger partial charge in [-0.05, 0) is 36.2 Å². The summed E-state index contributed by atoms with van der Waals surface area (Å²) in [5.74, 6) is 0.637. The fourth-order valence-electron chi connectivity index (χ4n) is 2.84. The molecule has 28 heavy (non-hydrogen) atoms. The highest BCUT2D eigenvalue weighted by Gasteiger charge is 2.15. The van der Waals surface area contributed by atoms with Crippen molar-refractivity contribution in [2.75, 3.05) is 6.54 Å². The summed E-state index contributed by atoms with van der Waals surface area (Å²) in [7, 11) is 1.66.